The van der Waals surface area contributed by atoms with Crippen LogP contribution in [0.2, 0.25) is 0 Å². The molecule has 1 heterocycles. The zero-order valence-electron chi connectivity index (χ0n) is 10.2. The predicted octanol–water partition coefficient (Wildman–Crippen LogP) is 2.80. The lowest BCUT2D eigenvalue weighted by atomic mass is 10.1. The minimum absolute atomic E-state index is 0.100. The first kappa shape index (κ1) is 11.5. The van der Waals surface area contributed by atoms with E-state index in [1.807, 2.05) is 29.2 Å². The van der Waals surface area contributed by atoms with E-state index in [9.17, 15) is 4.39 Å². The van der Waals surface area contributed by atoms with Gasteiger partial charge in [-0.15, -0.1) is 0 Å². The van der Waals surface area contributed by atoms with Gasteiger partial charge in [0.1, 0.15) is 17.4 Å². The molecule has 0 radical (unpaired) electrons. The van der Waals surface area contributed by atoms with Gasteiger partial charge in [-0.2, -0.15) is 5.26 Å². The molecular weight excluding hydrogens is 241 g/mol. The molecule has 3 nitrogen and oxygen atoms in total. The van der Waals surface area contributed by atoms with E-state index in [2.05, 4.69) is 0 Å². The van der Waals surface area contributed by atoms with Gasteiger partial charge in [0.2, 0.25) is 0 Å². The van der Waals surface area contributed by atoms with Crippen molar-refractivity contribution < 1.29 is 4.39 Å². The SMILES string of the molecule is N#Cc1c(F)cccc1N1Cc2ccc(N)cc2C1. The Bertz CT molecular complexity index is 688. The molecule has 2 N–H and O–H groups in total. The maximum Gasteiger partial charge on any atom is 0.143 e. The molecule has 0 atom stereocenters. The number of benzene rings is 2. The fourth-order valence-electron chi connectivity index (χ4n) is 2.47. The van der Waals surface area contributed by atoms with Crippen molar-refractivity contribution in [3.8, 4) is 6.07 Å². The summed E-state index contributed by atoms with van der Waals surface area (Å²) in [6, 6.07) is 12.4. The Labute approximate surface area is 110 Å². The highest BCUT2D eigenvalue weighted by Crippen LogP contribution is 2.32. The van der Waals surface area contributed by atoms with E-state index < -0.39 is 5.82 Å². The lowest BCUT2D eigenvalue weighted by Crippen LogP contribution is -2.16. The molecule has 0 amide bonds. The Morgan fingerprint density at radius 1 is 1.16 bits per heavy atom. The van der Waals surface area contributed by atoms with E-state index >= 15 is 0 Å². The van der Waals surface area contributed by atoms with Crippen molar-refractivity contribution in [3.05, 3.63) is 58.9 Å². The molecule has 0 spiro atoms. The van der Waals surface area contributed by atoms with Crippen LogP contribution >= 0.6 is 0 Å². The summed E-state index contributed by atoms with van der Waals surface area (Å²) < 4.78 is 13.6. The first-order valence-electron chi connectivity index (χ1n) is 6.00. The molecule has 0 bridgehead atoms. The van der Waals surface area contributed by atoms with E-state index in [1.54, 1.807) is 12.1 Å². The maximum absolute atomic E-state index is 13.6. The standard InChI is InChI=1S/C15H12FN3/c16-14-2-1-3-15(13(14)7-17)19-8-10-4-5-12(18)6-11(10)9-19/h1-6H,8-9,18H2. The van der Waals surface area contributed by atoms with Crippen molar-refractivity contribution >= 4 is 11.4 Å². The highest BCUT2D eigenvalue weighted by Gasteiger charge is 2.22. The second-order valence-electron chi connectivity index (χ2n) is 4.63. The fraction of sp³-hybridized carbons (Fsp3) is 0.133. The number of rotatable bonds is 1. The first-order chi connectivity index (χ1) is 9.19. The van der Waals surface area contributed by atoms with E-state index in [0.717, 1.165) is 11.3 Å². The largest absolute Gasteiger partial charge is 0.399 e. The number of nitriles is 1. The maximum atomic E-state index is 13.6. The van der Waals surface area contributed by atoms with Crippen LogP contribution in [0.1, 0.15) is 16.7 Å². The Morgan fingerprint density at radius 3 is 2.74 bits per heavy atom. The second kappa shape index (κ2) is 4.29. The first-order valence-corrected chi connectivity index (χ1v) is 6.00. The average molecular weight is 253 g/mol. The van der Waals surface area contributed by atoms with Crippen molar-refractivity contribution in [2.75, 3.05) is 10.6 Å². The van der Waals surface area contributed by atoms with Crippen LogP contribution in [0.5, 0.6) is 0 Å². The zero-order chi connectivity index (χ0) is 13.4. The van der Waals surface area contributed by atoms with Crippen LogP contribution in [-0.2, 0) is 13.1 Å². The Morgan fingerprint density at radius 2 is 1.95 bits per heavy atom. The van der Waals surface area contributed by atoms with E-state index in [1.165, 1.54) is 11.6 Å². The normalized spacial score (nSPS) is 13.2. The van der Waals surface area contributed by atoms with Crippen molar-refractivity contribution in [2.24, 2.45) is 0 Å². The van der Waals surface area contributed by atoms with Crippen LogP contribution in [0.25, 0.3) is 0 Å². The smallest absolute Gasteiger partial charge is 0.143 e. The zero-order valence-corrected chi connectivity index (χ0v) is 10.2. The summed E-state index contributed by atoms with van der Waals surface area (Å²) in [6.07, 6.45) is 0. The van der Waals surface area contributed by atoms with Crippen molar-refractivity contribution in [2.45, 2.75) is 13.1 Å². The molecule has 0 unspecified atom stereocenters. The number of halogens is 1. The third-order valence-electron chi connectivity index (χ3n) is 3.40. The van der Waals surface area contributed by atoms with Crippen molar-refractivity contribution in [1.29, 1.82) is 5.26 Å². The molecule has 1 aliphatic rings. The lowest BCUT2D eigenvalue weighted by Gasteiger charge is -2.19. The molecular formula is C15H12FN3. The Kier molecular flexibility index (Phi) is 2.60. The third kappa shape index (κ3) is 1.89. The Hall–Kier alpha value is -2.54. The van der Waals surface area contributed by atoms with Crippen molar-refractivity contribution in [1.82, 2.24) is 0 Å². The minimum Gasteiger partial charge on any atom is -0.399 e. The van der Waals surface area contributed by atoms with Gasteiger partial charge in [0.25, 0.3) is 0 Å². The molecule has 0 aliphatic carbocycles. The number of anilines is 2. The Balaban J connectivity index is 2.00. The number of hydrogen-bond acceptors (Lipinski definition) is 3. The van der Waals surface area contributed by atoms with Crippen LogP contribution in [0.15, 0.2) is 36.4 Å². The summed E-state index contributed by atoms with van der Waals surface area (Å²) >= 11 is 0. The van der Waals surface area contributed by atoms with Crippen LogP contribution in [0.3, 0.4) is 0 Å². The molecule has 0 saturated carbocycles. The molecule has 2 aromatic carbocycles. The fourth-order valence-corrected chi connectivity index (χ4v) is 2.47. The van der Waals surface area contributed by atoms with Gasteiger partial charge < -0.3 is 10.6 Å². The van der Waals surface area contributed by atoms with Gasteiger partial charge in [-0.05, 0) is 35.4 Å². The quantitative estimate of drug-likeness (QED) is 0.795. The van der Waals surface area contributed by atoms with Crippen LogP contribution in [-0.4, -0.2) is 0 Å². The topological polar surface area (TPSA) is 53.0 Å². The number of nitrogens with zero attached hydrogens (tertiary/aromatic N) is 2. The summed E-state index contributed by atoms with van der Waals surface area (Å²) in [5, 5.41) is 9.08. The van der Waals surface area contributed by atoms with Crippen LogP contribution in [0.4, 0.5) is 15.8 Å². The van der Waals surface area contributed by atoms with Gasteiger partial charge in [0.15, 0.2) is 0 Å². The molecule has 4 heteroatoms. The molecule has 2 aromatic rings. The van der Waals surface area contributed by atoms with Gasteiger partial charge in [-0.3, -0.25) is 0 Å². The lowest BCUT2D eigenvalue weighted by molar-refractivity contribution is 0.622. The highest BCUT2D eigenvalue weighted by molar-refractivity contribution is 5.63. The molecule has 3 rings (SSSR count). The van der Waals surface area contributed by atoms with Gasteiger partial charge in [-0.1, -0.05) is 12.1 Å². The summed E-state index contributed by atoms with van der Waals surface area (Å²) in [6.45, 7) is 1.33. The van der Waals surface area contributed by atoms with E-state index in [0.29, 0.717) is 18.8 Å². The van der Waals surface area contributed by atoms with Crippen molar-refractivity contribution in [3.63, 3.8) is 0 Å². The monoisotopic (exact) mass is 253 g/mol. The van der Waals surface area contributed by atoms with E-state index in [4.69, 9.17) is 11.0 Å². The second-order valence-corrected chi connectivity index (χ2v) is 4.63. The summed E-state index contributed by atoms with van der Waals surface area (Å²) in [7, 11) is 0. The number of hydrogen-bond donors (Lipinski definition) is 1. The molecule has 0 aromatic heterocycles. The highest BCUT2D eigenvalue weighted by atomic mass is 19.1. The molecule has 1 aliphatic heterocycles. The third-order valence-corrected chi connectivity index (χ3v) is 3.40. The predicted molar refractivity (Wildman–Crippen MR) is 71.9 cm³/mol. The molecule has 0 saturated heterocycles. The molecule has 0 fully saturated rings. The molecule has 94 valence electrons. The number of fused-ring (bicyclic) bond motifs is 1. The summed E-state index contributed by atoms with van der Waals surface area (Å²) in [5.41, 5.74) is 9.52. The minimum atomic E-state index is -0.476. The van der Waals surface area contributed by atoms with Crippen LogP contribution < -0.4 is 10.6 Å². The summed E-state index contributed by atoms with van der Waals surface area (Å²) in [4.78, 5) is 1.99. The summed E-state index contributed by atoms with van der Waals surface area (Å²) in [5.74, 6) is -0.476. The number of nitrogens with two attached hydrogens (primary N) is 1. The van der Waals surface area contributed by atoms with E-state index in [-0.39, 0.29) is 5.56 Å². The van der Waals surface area contributed by atoms with Gasteiger partial charge in [-0.25, -0.2) is 4.39 Å². The van der Waals surface area contributed by atoms with Gasteiger partial charge >= 0.3 is 0 Å². The van der Waals surface area contributed by atoms with Gasteiger partial charge in [0.05, 0.1) is 5.69 Å². The van der Waals surface area contributed by atoms with Crippen LogP contribution in [0, 0.1) is 17.1 Å². The number of nitrogen functional groups attached to an aromatic ring is 1. The molecule has 19 heavy (non-hydrogen) atoms. The van der Waals surface area contributed by atoms with Gasteiger partial charge in [0, 0.05) is 18.8 Å². The average Bonchev–Trinajstić information content (AvgIpc) is 2.81.